The van der Waals surface area contributed by atoms with Gasteiger partial charge in [-0.25, -0.2) is 0 Å². The van der Waals surface area contributed by atoms with Crippen LogP contribution in [0.3, 0.4) is 0 Å². The monoisotopic (exact) mass is 274 g/mol. The Hall–Kier alpha value is -1.26. The number of rotatable bonds is 2. The highest BCUT2D eigenvalue weighted by Gasteiger charge is 2.32. The van der Waals surface area contributed by atoms with Crippen LogP contribution in [0.4, 0.5) is 3.89 Å². The molecule has 1 atom stereocenters. The molecule has 4 rings (SSSR count). The van der Waals surface area contributed by atoms with Crippen molar-refractivity contribution in [1.29, 1.82) is 0 Å². The van der Waals surface area contributed by atoms with Crippen molar-refractivity contribution in [3.05, 3.63) is 41.6 Å². The summed E-state index contributed by atoms with van der Waals surface area (Å²) in [5.41, 5.74) is 5.30. The van der Waals surface area contributed by atoms with Crippen LogP contribution in [0.2, 0.25) is 0 Å². The molecule has 19 heavy (non-hydrogen) atoms. The Morgan fingerprint density at radius 1 is 1.42 bits per heavy atom. The van der Waals surface area contributed by atoms with E-state index >= 15 is 0 Å². The minimum absolute atomic E-state index is 0.339. The summed E-state index contributed by atoms with van der Waals surface area (Å²) in [6.07, 6.45) is 6.46. The van der Waals surface area contributed by atoms with Gasteiger partial charge in [0.1, 0.15) is 0 Å². The van der Waals surface area contributed by atoms with E-state index in [-0.39, 0.29) is 0 Å². The van der Waals surface area contributed by atoms with Crippen molar-refractivity contribution in [1.82, 2.24) is 9.88 Å². The van der Waals surface area contributed by atoms with Crippen LogP contribution in [0, 0.1) is 0 Å². The molecule has 0 saturated heterocycles. The fraction of sp³-hybridized carbons (Fsp3) is 0.333. The second kappa shape index (κ2) is 4.39. The SMILES string of the molecule is FSCN1CCC=C2c3cccc4[nH]cc(c34)CC21. The van der Waals surface area contributed by atoms with Crippen molar-refractivity contribution in [2.45, 2.75) is 18.9 Å². The first-order valence-corrected chi connectivity index (χ1v) is 7.54. The summed E-state index contributed by atoms with van der Waals surface area (Å²) in [7, 11) is 0. The van der Waals surface area contributed by atoms with Crippen LogP contribution in [0.25, 0.3) is 16.5 Å². The molecule has 2 nitrogen and oxygen atoms in total. The van der Waals surface area contributed by atoms with Crippen LogP contribution in [0.1, 0.15) is 17.5 Å². The molecule has 1 aliphatic heterocycles. The fourth-order valence-corrected chi connectivity index (χ4v) is 3.92. The van der Waals surface area contributed by atoms with Crippen LogP contribution in [-0.4, -0.2) is 28.3 Å². The number of H-pyrrole nitrogens is 1. The topological polar surface area (TPSA) is 19.0 Å². The number of nitrogens with one attached hydrogen (secondary N) is 1. The van der Waals surface area contributed by atoms with Gasteiger partial charge in [-0.05, 0) is 35.6 Å². The minimum atomic E-state index is 0.339. The maximum Gasteiger partial charge on any atom is 0.0769 e. The number of halogens is 1. The highest BCUT2D eigenvalue weighted by atomic mass is 32.2. The van der Waals surface area contributed by atoms with Gasteiger partial charge in [0.25, 0.3) is 0 Å². The molecular weight excluding hydrogens is 259 g/mol. The van der Waals surface area contributed by atoms with E-state index in [0.717, 1.165) is 19.4 Å². The summed E-state index contributed by atoms with van der Waals surface area (Å²) < 4.78 is 12.7. The van der Waals surface area contributed by atoms with E-state index in [9.17, 15) is 3.89 Å². The van der Waals surface area contributed by atoms with Crippen LogP contribution in [-0.2, 0) is 6.42 Å². The second-order valence-corrected chi connectivity index (χ2v) is 5.74. The predicted octanol–water partition coefficient (Wildman–Crippen LogP) is 3.76. The smallest absolute Gasteiger partial charge is 0.0769 e. The van der Waals surface area contributed by atoms with E-state index < -0.39 is 0 Å². The zero-order valence-electron chi connectivity index (χ0n) is 10.5. The second-order valence-electron chi connectivity index (χ2n) is 5.26. The van der Waals surface area contributed by atoms with Gasteiger partial charge in [0, 0.05) is 29.7 Å². The maximum atomic E-state index is 12.7. The first-order valence-electron chi connectivity index (χ1n) is 6.65. The third kappa shape index (κ3) is 1.66. The average Bonchev–Trinajstić information content (AvgIpc) is 2.85. The van der Waals surface area contributed by atoms with Crippen molar-refractivity contribution >= 4 is 28.6 Å². The van der Waals surface area contributed by atoms with Crippen LogP contribution >= 0.6 is 12.1 Å². The van der Waals surface area contributed by atoms with Gasteiger partial charge in [-0.15, -0.1) is 0 Å². The predicted molar refractivity (Wildman–Crippen MR) is 78.7 cm³/mol. The lowest BCUT2D eigenvalue weighted by Gasteiger charge is -2.38. The highest BCUT2D eigenvalue weighted by Crippen LogP contribution is 2.40. The van der Waals surface area contributed by atoms with Gasteiger partial charge in [0.05, 0.1) is 18.0 Å². The van der Waals surface area contributed by atoms with Gasteiger partial charge >= 0.3 is 0 Å². The third-order valence-corrected chi connectivity index (χ3v) is 4.74. The molecule has 1 N–H and O–H groups in total. The van der Waals surface area contributed by atoms with E-state index in [1.165, 1.54) is 27.6 Å². The minimum Gasteiger partial charge on any atom is -0.361 e. The third-order valence-electron chi connectivity index (χ3n) is 4.31. The van der Waals surface area contributed by atoms with Gasteiger partial charge in [0.15, 0.2) is 0 Å². The summed E-state index contributed by atoms with van der Waals surface area (Å²) in [6.45, 7) is 0.959. The number of aromatic nitrogens is 1. The molecule has 2 heterocycles. The molecule has 4 heteroatoms. The summed E-state index contributed by atoms with van der Waals surface area (Å²) in [6, 6.07) is 6.76. The van der Waals surface area contributed by atoms with Gasteiger partial charge in [-0.2, -0.15) is 3.89 Å². The number of nitrogens with zero attached hydrogens (tertiary/aromatic N) is 1. The Balaban J connectivity index is 1.88. The molecule has 2 aromatic rings. The normalized spacial score (nSPS) is 22.4. The number of fused-ring (bicyclic) bond motifs is 2. The number of benzene rings is 1. The average molecular weight is 274 g/mol. The molecule has 1 aromatic heterocycles. The molecule has 0 amide bonds. The Bertz CT molecular complexity index is 661. The Kier molecular flexibility index (Phi) is 2.67. The molecular formula is C15H15FN2S. The Morgan fingerprint density at radius 3 is 3.26 bits per heavy atom. The lowest BCUT2D eigenvalue weighted by atomic mass is 9.82. The molecule has 1 aromatic carbocycles. The summed E-state index contributed by atoms with van der Waals surface area (Å²) >= 11 is 0.431. The van der Waals surface area contributed by atoms with Crippen molar-refractivity contribution in [2.24, 2.45) is 0 Å². The molecule has 1 unspecified atom stereocenters. The van der Waals surface area contributed by atoms with E-state index in [4.69, 9.17) is 0 Å². The van der Waals surface area contributed by atoms with Crippen LogP contribution < -0.4 is 0 Å². The summed E-state index contributed by atoms with van der Waals surface area (Å²) in [4.78, 5) is 5.61. The molecule has 0 spiro atoms. The maximum absolute atomic E-state index is 12.7. The van der Waals surface area contributed by atoms with Crippen LogP contribution in [0.5, 0.6) is 0 Å². The van der Waals surface area contributed by atoms with Gasteiger partial charge < -0.3 is 4.98 Å². The van der Waals surface area contributed by atoms with E-state index in [1.807, 2.05) is 0 Å². The van der Waals surface area contributed by atoms with Gasteiger partial charge in [0.2, 0.25) is 0 Å². The molecule has 0 saturated carbocycles. The van der Waals surface area contributed by atoms with Crippen molar-refractivity contribution < 1.29 is 3.89 Å². The first kappa shape index (κ1) is 11.6. The number of hydrogen-bond acceptors (Lipinski definition) is 2. The zero-order valence-corrected chi connectivity index (χ0v) is 11.3. The quantitative estimate of drug-likeness (QED) is 0.899. The van der Waals surface area contributed by atoms with E-state index in [0.29, 0.717) is 24.1 Å². The standard InChI is InChI=1S/C15H15FN2S/c16-19-9-18-6-2-4-11-12-3-1-5-13-15(12)10(8-17-13)7-14(11)18/h1,3-5,8,14,17H,2,6-7,9H2. The fourth-order valence-electron chi connectivity index (χ4n) is 3.49. The van der Waals surface area contributed by atoms with Crippen LogP contribution in [0.15, 0.2) is 30.5 Å². The molecule has 0 bridgehead atoms. The first-order chi connectivity index (χ1) is 9.38. The Labute approximate surface area is 116 Å². The largest absolute Gasteiger partial charge is 0.361 e. The molecule has 0 fully saturated rings. The highest BCUT2D eigenvalue weighted by molar-refractivity contribution is 7.94. The van der Waals surface area contributed by atoms with Crippen molar-refractivity contribution in [3.63, 3.8) is 0 Å². The lowest BCUT2D eigenvalue weighted by Crippen LogP contribution is -2.41. The summed E-state index contributed by atoms with van der Waals surface area (Å²) in [5.74, 6) is 0.470. The van der Waals surface area contributed by atoms with Crippen molar-refractivity contribution in [3.8, 4) is 0 Å². The zero-order chi connectivity index (χ0) is 12.8. The number of aromatic amines is 1. The summed E-state index contributed by atoms with van der Waals surface area (Å²) in [5, 5.41) is 1.36. The van der Waals surface area contributed by atoms with E-state index in [2.05, 4.69) is 40.4 Å². The van der Waals surface area contributed by atoms with E-state index in [1.54, 1.807) is 0 Å². The lowest BCUT2D eigenvalue weighted by molar-refractivity contribution is 0.268. The van der Waals surface area contributed by atoms with Crippen molar-refractivity contribution in [2.75, 3.05) is 12.4 Å². The Morgan fingerprint density at radius 2 is 2.37 bits per heavy atom. The van der Waals surface area contributed by atoms with Gasteiger partial charge in [-0.3, -0.25) is 4.90 Å². The molecule has 1 aliphatic carbocycles. The molecule has 0 radical (unpaired) electrons. The number of hydrogen-bond donors (Lipinski definition) is 1. The molecule has 2 aliphatic rings. The molecule has 98 valence electrons. The van der Waals surface area contributed by atoms with Gasteiger partial charge in [-0.1, -0.05) is 18.2 Å².